The standard InChI is InChI=1S/C29H36N4O3/c1-31-15-17-32(18-16-31)28(35)27(22-24-11-12-25-9-5-6-10-26(25)21-24)30-29(36)33(19-20-34)14-13-23-7-3-2-4-8-23/h2-12,21,27,34H,13-20,22H2,1H3,(H,30,36)/t27-/m0/s1. The van der Waals surface area contributed by atoms with Gasteiger partial charge in [0, 0.05) is 45.7 Å². The molecule has 0 radical (unpaired) electrons. The van der Waals surface area contributed by atoms with Gasteiger partial charge >= 0.3 is 6.03 Å². The van der Waals surface area contributed by atoms with E-state index < -0.39 is 6.04 Å². The van der Waals surface area contributed by atoms with E-state index in [4.69, 9.17) is 0 Å². The molecule has 1 saturated heterocycles. The Bertz CT molecular complexity index is 1150. The summed E-state index contributed by atoms with van der Waals surface area (Å²) < 4.78 is 0. The Morgan fingerprint density at radius 2 is 1.58 bits per heavy atom. The average Bonchev–Trinajstić information content (AvgIpc) is 2.91. The fourth-order valence-electron chi connectivity index (χ4n) is 4.63. The molecule has 1 heterocycles. The average molecular weight is 489 g/mol. The smallest absolute Gasteiger partial charge is 0.318 e. The Morgan fingerprint density at radius 3 is 2.31 bits per heavy atom. The number of aliphatic hydroxyl groups is 1. The van der Waals surface area contributed by atoms with Gasteiger partial charge in [-0.3, -0.25) is 4.79 Å². The molecule has 0 bridgehead atoms. The van der Waals surface area contributed by atoms with Crippen LogP contribution in [0.5, 0.6) is 0 Å². The summed E-state index contributed by atoms with van der Waals surface area (Å²) in [5.74, 6) is -0.0587. The van der Waals surface area contributed by atoms with Crippen molar-refractivity contribution in [2.45, 2.75) is 18.9 Å². The largest absolute Gasteiger partial charge is 0.395 e. The van der Waals surface area contributed by atoms with Gasteiger partial charge in [-0.1, -0.05) is 72.8 Å². The van der Waals surface area contributed by atoms with Crippen molar-refractivity contribution in [1.29, 1.82) is 0 Å². The van der Waals surface area contributed by atoms with Crippen molar-refractivity contribution in [1.82, 2.24) is 20.0 Å². The summed E-state index contributed by atoms with van der Waals surface area (Å²) in [6, 6.07) is 23.2. The zero-order chi connectivity index (χ0) is 25.3. The number of fused-ring (bicyclic) bond motifs is 1. The summed E-state index contributed by atoms with van der Waals surface area (Å²) in [7, 11) is 2.05. The summed E-state index contributed by atoms with van der Waals surface area (Å²) in [4.78, 5) is 32.6. The molecule has 1 aliphatic heterocycles. The first-order valence-electron chi connectivity index (χ1n) is 12.7. The highest BCUT2D eigenvalue weighted by Crippen LogP contribution is 2.18. The van der Waals surface area contributed by atoms with Crippen LogP contribution in [0.3, 0.4) is 0 Å². The number of hydrogen-bond acceptors (Lipinski definition) is 4. The number of aliphatic hydroxyl groups excluding tert-OH is 1. The molecule has 1 fully saturated rings. The van der Waals surface area contributed by atoms with Crippen LogP contribution in [0.15, 0.2) is 72.8 Å². The van der Waals surface area contributed by atoms with Gasteiger partial charge in [-0.25, -0.2) is 4.79 Å². The third-order valence-electron chi connectivity index (χ3n) is 6.83. The number of amides is 3. The van der Waals surface area contributed by atoms with E-state index in [1.54, 1.807) is 4.90 Å². The van der Waals surface area contributed by atoms with E-state index in [0.29, 0.717) is 32.5 Å². The van der Waals surface area contributed by atoms with Crippen LogP contribution >= 0.6 is 0 Å². The summed E-state index contributed by atoms with van der Waals surface area (Å²) in [6.07, 6.45) is 1.09. The van der Waals surface area contributed by atoms with E-state index in [9.17, 15) is 14.7 Å². The molecule has 1 aliphatic rings. The van der Waals surface area contributed by atoms with E-state index in [1.807, 2.05) is 53.4 Å². The maximum Gasteiger partial charge on any atom is 0.318 e. The first-order valence-corrected chi connectivity index (χ1v) is 12.7. The van der Waals surface area contributed by atoms with Crippen molar-refractivity contribution < 1.29 is 14.7 Å². The van der Waals surface area contributed by atoms with Crippen LogP contribution in [-0.4, -0.2) is 90.7 Å². The lowest BCUT2D eigenvalue weighted by atomic mass is 10.0. The fourth-order valence-corrected chi connectivity index (χ4v) is 4.63. The predicted octanol–water partition coefficient (Wildman–Crippen LogP) is 2.77. The van der Waals surface area contributed by atoms with Crippen molar-refractivity contribution in [3.8, 4) is 0 Å². The molecule has 3 aromatic rings. The number of carbonyl (C=O) groups excluding carboxylic acids is 2. The molecule has 0 aliphatic carbocycles. The van der Waals surface area contributed by atoms with E-state index in [0.717, 1.165) is 35.0 Å². The molecule has 0 spiro atoms. The lowest BCUT2D eigenvalue weighted by Gasteiger charge is -2.35. The lowest BCUT2D eigenvalue weighted by molar-refractivity contribution is -0.134. The molecule has 190 valence electrons. The minimum Gasteiger partial charge on any atom is -0.395 e. The number of urea groups is 1. The number of likely N-dealkylation sites (N-methyl/N-ethyl adjacent to an activating group) is 1. The van der Waals surface area contributed by atoms with Gasteiger partial charge < -0.3 is 25.1 Å². The van der Waals surface area contributed by atoms with Crippen molar-refractivity contribution in [3.63, 3.8) is 0 Å². The second-order valence-electron chi connectivity index (χ2n) is 9.46. The molecule has 2 N–H and O–H groups in total. The Hall–Kier alpha value is -3.42. The van der Waals surface area contributed by atoms with Crippen LogP contribution in [0.1, 0.15) is 11.1 Å². The second-order valence-corrected chi connectivity index (χ2v) is 9.46. The highest BCUT2D eigenvalue weighted by Gasteiger charge is 2.29. The van der Waals surface area contributed by atoms with Gasteiger partial charge in [0.25, 0.3) is 0 Å². The SMILES string of the molecule is CN1CCN(C(=O)[C@H](Cc2ccc3ccccc3c2)NC(=O)N(CCO)CCc2ccccc2)CC1. The Balaban J connectivity index is 1.50. The summed E-state index contributed by atoms with van der Waals surface area (Å²) in [6.45, 7) is 3.46. The Kier molecular flexibility index (Phi) is 8.92. The molecule has 1 atom stereocenters. The minimum absolute atomic E-state index is 0.0587. The van der Waals surface area contributed by atoms with Crippen LogP contribution < -0.4 is 5.32 Å². The maximum atomic E-state index is 13.6. The highest BCUT2D eigenvalue weighted by atomic mass is 16.3. The zero-order valence-electron chi connectivity index (χ0n) is 21.0. The number of nitrogens with one attached hydrogen (secondary N) is 1. The van der Waals surface area contributed by atoms with Crippen LogP contribution in [0.2, 0.25) is 0 Å². The third-order valence-corrected chi connectivity index (χ3v) is 6.83. The van der Waals surface area contributed by atoms with Crippen LogP contribution in [0.25, 0.3) is 10.8 Å². The number of benzene rings is 3. The van der Waals surface area contributed by atoms with Crippen molar-refractivity contribution in [2.75, 3.05) is 52.9 Å². The monoisotopic (exact) mass is 488 g/mol. The van der Waals surface area contributed by atoms with Gasteiger partial charge in [-0.2, -0.15) is 0 Å². The van der Waals surface area contributed by atoms with Crippen molar-refractivity contribution in [3.05, 3.63) is 83.9 Å². The van der Waals surface area contributed by atoms with Gasteiger partial charge in [0.2, 0.25) is 5.91 Å². The van der Waals surface area contributed by atoms with Crippen LogP contribution in [0, 0.1) is 0 Å². The highest BCUT2D eigenvalue weighted by molar-refractivity contribution is 5.88. The minimum atomic E-state index is -0.681. The zero-order valence-corrected chi connectivity index (χ0v) is 21.0. The lowest BCUT2D eigenvalue weighted by Crippen LogP contribution is -2.57. The number of nitrogens with zero attached hydrogens (tertiary/aromatic N) is 3. The Morgan fingerprint density at radius 1 is 0.889 bits per heavy atom. The molecular formula is C29H36N4O3. The Labute approximate surface area is 213 Å². The normalized spacial score (nSPS) is 15.0. The molecule has 0 saturated carbocycles. The molecule has 7 nitrogen and oxygen atoms in total. The second kappa shape index (κ2) is 12.5. The van der Waals surface area contributed by atoms with Crippen LogP contribution in [0.4, 0.5) is 4.79 Å². The number of carbonyl (C=O) groups is 2. The van der Waals surface area contributed by atoms with Gasteiger partial charge in [0.1, 0.15) is 6.04 Å². The molecule has 3 amide bonds. The van der Waals surface area contributed by atoms with Crippen LogP contribution in [-0.2, 0) is 17.6 Å². The van der Waals surface area contributed by atoms with Gasteiger partial charge in [-0.15, -0.1) is 0 Å². The van der Waals surface area contributed by atoms with Gasteiger partial charge in [0.15, 0.2) is 0 Å². The molecule has 4 rings (SSSR count). The first kappa shape index (κ1) is 25.7. The van der Waals surface area contributed by atoms with E-state index in [-0.39, 0.29) is 25.1 Å². The summed E-state index contributed by atoms with van der Waals surface area (Å²) >= 11 is 0. The fraction of sp³-hybridized carbons (Fsp3) is 0.379. The molecule has 7 heteroatoms. The van der Waals surface area contributed by atoms with Gasteiger partial charge in [0.05, 0.1) is 6.61 Å². The van der Waals surface area contributed by atoms with Crippen molar-refractivity contribution in [2.24, 2.45) is 0 Å². The number of hydrogen-bond donors (Lipinski definition) is 2. The van der Waals surface area contributed by atoms with E-state index >= 15 is 0 Å². The van der Waals surface area contributed by atoms with Gasteiger partial charge in [-0.05, 0) is 35.4 Å². The molecule has 3 aromatic carbocycles. The topological polar surface area (TPSA) is 76.1 Å². The number of piperazine rings is 1. The van der Waals surface area contributed by atoms with E-state index in [1.165, 1.54) is 0 Å². The quantitative estimate of drug-likeness (QED) is 0.486. The summed E-state index contributed by atoms with van der Waals surface area (Å²) in [5.41, 5.74) is 2.12. The van der Waals surface area contributed by atoms with Crippen molar-refractivity contribution >= 4 is 22.7 Å². The predicted molar refractivity (Wildman–Crippen MR) is 143 cm³/mol. The van der Waals surface area contributed by atoms with E-state index in [2.05, 4.69) is 41.5 Å². The first-order chi connectivity index (χ1) is 17.5. The number of rotatable bonds is 9. The maximum absolute atomic E-state index is 13.6. The molecule has 0 aromatic heterocycles. The molecular weight excluding hydrogens is 452 g/mol. The summed E-state index contributed by atoms with van der Waals surface area (Å²) in [5, 5.41) is 14.9. The molecule has 36 heavy (non-hydrogen) atoms. The third kappa shape index (κ3) is 6.83. The molecule has 0 unspecified atom stereocenters.